The van der Waals surface area contributed by atoms with E-state index in [4.69, 9.17) is 9.73 Å². The van der Waals surface area contributed by atoms with E-state index in [9.17, 15) is 0 Å². The molecule has 0 heterocycles. The van der Waals surface area contributed by atoms with Gasteiger partial charge in [-0.2, -0.15) is 11.8 Å². The molecule has 2 rings (SSSR count). The van der Waals surface area contributed by atoms with Gasteiger partial charge in [-0.1, -0.05) is 30.3 Å². The van der Waals surface area contributed by atoms with Crippen molar-refractivity contribution in [1.82, 2.24) is 10.6 Å². The average Bonchev–Trinajstić information content (AvgIpc) is 3.09. The SMILES string of the molecule is CCNC(=NCCCCOCc1ccccc1)NC1CCC(SC)C1. The van der Waals surface area contributed by atoms with Gasteiger partial charge in [-0.15, -0.1) is 0 Å². The fourth-order valence-corrected chi connectivity index (χ4v) is 3.87. The molecule has 5 heteroatoms. The molecule has 1 saturated carbocycles. The fourth-order valence-electron chi connectivity index (χ4n) is 3.07. The van der Waals surface area contributed by atoms with E-state index in [0.29, 0.717) is 12.6 Å². The second-order valence-electron chi connectivity index (χ2n) is 6.52. The van der Waals surface area contributed by atoms with E-state index in [1.807, 2.05) is 17.8 Å². The molecule has 1 aliphatic rings. The van der Waals surface area contributed by atoms with Gasteiger partial charge in [0.15, 0.2) is 5.96 Å². The van der Waals surface area contributed by atoms with Crippen LogP contribution in [-0.2, 0) is 11.3 Å². The van der Waals surface area contributed by atoms with Gasteiger partial charge in [-0.05, 0) is 50.8 Å². The Hall–Kier alpha value is -1.20. The summed E-state index contributed by atoms with van der Waals surface area (Å²) in [6, 6.07) is 10.9. The van der Waals surface area contributed by atoms with Crippen LogP contribution >= 0.6 is 11.8 Å². The van der Waals surface area contributed by atoms with Gasteiger partial charge in [0.2, 0.25) is 0 Å². The zero-order chi connectivity index (χ0) is 17.7. The van der Waals surface area contributed by atoms with Gasteiger partial charge < -0.3 is 15.4 Å². The van der Waals surface area contributed by atoms with Crippen molar-refractivity contribution in [2.75, 3.05) is 26.0 Å². The van der Waals surface area contributed by atoms with Crippen LogP contribution < -0.4 is 10.6 Å². The van der Waals surface area contributed by atoms with Crippen LogP contribution in [0.25, 0.3) is 0 Å². The Kier molecular flexibility index (Phi) is 9.82. The van der Waals surface area contributed by atoms with E-state index in [0.717, 1.165) is 43.7 Å². The summed E-state index contributed by atoms with van der Waals surface area (Å²) in [5, 5.41) is 7.77. The predicted octanol–water partition coefficient (Wildman–Crippen LogP) is 3.82. The molecule has 140 valence electrons. The summed E-state index contributed by atoms with van der Waals surface area (Å²) in [6.07, 6.45) is 8.14. The van der Waals surface area contributed by atoms with E-state index in [1.54, 1.807) is 0 Å². The normalized spacial score (nSPS) is 20.6. The van der Waals surface area contributed by atoms with E-state index < -0.39 is 0 Å². The monoisotopic (exact) mass is 363 g/mol. The number of aliphatic imine (C=N–C) groups is 1. The largest absolute Gasteiger partial charge is 0.377 e. The molecule has 25 heavy (non-hydrogen) atoms. The zero-order valence-electron chi connectivity index (χ0n) is 15.7. The Labute approximate surface area is 157 Å². The minimum atomic E-state index is 0.574. The van der Waals surface area contributed by atoms with Gasteiger partial charge in [-0.25, -0.2) is 0 Å². The number of ether oxygens (including phenoxy) is 1. The molecule has 0 bridgehead atoms. The molecule has 1 fully saturated rings. The molecule has 0 aromatic heterocycles. The van der Waals surface area contributed by atoms with Gasteiger partial charge in [-0.3, -0.25) is 4.99 Å². The van der Waals surface area contributed by atoms with Crippen molar-refractivity contribution in [2.45, 2.75) is 56.9 Å². The third-order valence-electron chi connectivity index (χ3n) is 4.48. The summed E-state index contributed by atoms with van der Waals surface area (Å²) in [6.45, 7) is 5.38. The molecule has 4 nitrogen and oxygen atoms in total. The first kappa shape index (κ1) is 20.1. The van der Waals surface area contributed by atoms with Crippen LogP contribution in [0.15, 0.2) is 35.3 Å². The summed E-state index contributed by atoms with van der Waals surface area (Å²) in [7, 11) is 0. The summed E-state index contributed by atoms with van der Waals surface area (Å²) >= 11 is 1.99. The van der Waals surface area contributed by atoms with E-state index >= 15 is 0 Å². The number of hydrogen-bond acceptors (Lipinski definition) is 3. The van der Waals surface area contributed by atoms with E-state index in [2.05, 4.69) is 48.1 Å². The summed E-state index contributed by atoms with van der Waals surface area (Å²) in [5.74, 6) is 0.972. The summed E-state index contributed by atoms with van der Waals surface area (Å²) in [4.78, 5) is 4.72. The number of benzene rings is 1. The van der Waals surface area contributed by atoms with Crippen molar-refractivity contribution in [1.29, 1.82) is 0 Å². The Morgan fingerprint density at radius 3 is 2.80 bits per heavy atom. The van der Waals surface area contributed by atoms with E-state index in [1.165, 1.54) is 24.8 Å². The van der Waals surface area contributed by atoms with Crippen LogP contribution in [-0.4, -0.2) is 43.2 Å². The highest BCUT2D eigenvalue weighted by atomic mass is 32.2. The van der Waals surface area contributed by atoms with Crippen molar-refractivity contribution in [2.24, 2.45) is 4.99 Å². The number of nitrogens with one attached hydrogen (secondary N) is 2. The molecule has 1 aromatic carbocycles. The Morgan fingerprint density at radius 2 is 2.08 bits per heavy atom. The highest BCUT2D eigenvalue weighted by Crippen LogP contribution is 2.27. The quantitative estimate of drug-likeness (QED) is 0.377. The van der Waals surface area contributed by atoms with Crippen molar-refractivity contribution in [3.8, 4) is 0 Å². The van der Waals surface area contributed by atoms with Gasteiger partial charge in [0, 0.05) is 31.0 Å². The van der Waals surface area contributed by atoms with Crippen LogP contribution in [0.1, 0.15) is 44.6 Å². The fraction of sp³-hybridized carbons (Fsp3) is 0.650. The molecule has 0 spiro atoms. The zero-order valence-corrected chi connectivity index (χ0v) is 16.5. The van der Waals surface area contributed by atoms with Crippen LogP contribution in [0.4, 0.5) is 0 Å². The molecule has 2 unspecified atom stereocenters. The molecule has 1 aromatic rings. The first-order chi connectivity index (χ1) is 12.3. The lowest BCUT2D eigenvalue weighted by molar-refractivity contribution is 0.117. The number of thioether (sulfide) groups is 1. The average molecular weight is 364 g/mol. The molecule has 0 radical (unpaired) electrons. The Balaban J connectivity index is 1.59. The molecule has 0 amide bonds. The summed E-state index contributed by atoms with van der Waals surface area (Å²) < 4.78 is 5.72. The lowest BCUT2D eigenvalue weighted by atomic mass is 10.2. The third-order valence-corrected chi connectivity index (χ3v) is 5.58. The molecule has 2 N–H and O–H groups in total. The molecule has 0 aliphatic heterocycles. The second kappa shape index (κ2) is 12.2. The van der Waals surface area contributed by atoms with Gasteiger partial charge in [0.25, 0.3) is 0 Å². The Bertz CT molecular complexity index is 495. The maximum Gasteiger partial charge on any atom is 0.191 e. The van der Waals surface area contributed by atoms with E-state index in [-0.39, 0.29) is 0 Å². The third kappa shape index (κ3) is 8.15. The van der Waals surface area contributed by atoms with Crippen molar-refractivity contribution < 1.29 is 4.74 Å². The number of rotatable bonds is 10. The van der Waals surface area contributed by atoms with Crippen LogP contribution in [0, 0.1) is 0 Å². The molecule has 0 saturated heterocycles. The molecule has 2 atom stereocenters. The van der Waals surface area contributed by atoms with Gasteiger partial charge in [0.1, 0.15) is 0 Å². The smallest absolute Gasteiger partial charge is 0.191 e. The highest BCUT2D eigenvalue weighted by molar-refractivity contribution is 7.99. The van der Waals surface area contributed by atoms with Gasteiger partial charge in [0.05, 0.1) is 6.61 Å². The first-order valence-corrected chi connectivity index (χ1v) is 10.8. The van der Waals surface area contributed by atoms with Crippen LogP contribution in [0.2, 0.25) is 0 Å². The van der Waals surface area contributed by atoms with Crippen molar-refractivity contribution in [3.05, 3.63) is 35.9 Å². The molecular formula is C20H33N3OS. The molecular weight excluding hydrogens is 330 g/mol. The van der Waals surface area contributed by atoms with Gasteiger partial charge >= 0.3 is 0 Å². The summed E-state index contributed by atoms with van der Waals surface area (Å²) in [5.41, 5.74) is 1.24. The predicted molar refractivity (Wildman–Crippen MR) is 109 cm³/mol. The van der Waals surface area contributed by atoms with Crippen molar-refractivity contribution >= 4 is 17.7 Å². The number of hydrogen-bond donors (Lipinski definition) is 2. The second-order valence-corrected chi connectivity index (χ2v) is 7.66. The minimum Gasteiger partial charge on any atom is -0.377 e. The Morgan fingerprint density at radius 1 is 1.24 bits per heavy atom. The maximum absolute atomic E-state index is 5.72. The number of nitrogens with zero attached hydrogens (tertiary/aromatic N) is 1. The van der Waals surface area contributed by atoms with Crippen LogP contribution in [0.3, 0.4) is 0 Å². The van der Waals surface area contributed by atoms with Crippen LogP contribution in [0.5, 0.6) is 0 Å². The molecule has 1 aliphatic carbocycles. The topological polar surface area (TPSA) is 45.7 Å². The lowest BCUT2D eigenvalue weighted by Gasteiger charge is -2.17. The number of unbranched alkanes of at least 4 members (excludes halogenated alkanes) is 1. The standard InChI is InChI=1S/C20H33N3OS/c1-3-21-20(23-18-11-12-19(15-18)25-2)22-13-7-8-14-24-16-17-9-5-4-6-10-17/h4-6,9-10,18-19H,3,7-8,11-16H2,1-2H3,(H2,21,22,23). The minimum absolute atomic E-state index is 0.574. The lowest BCUT2D eigenvalue weighted by Crippen LogP contribution is -2.42. The number of guanidine groups is 1. The first-order valence-electron chi connectivity index (χ1n) is 9.51. The van der Waals surface area contributed by atoms with Crippen molar-refractivity contribution in [3.63, 3.8) is 0 Å². The maximum atomic E-state index is 5.72. The highest BCUT2D eigenvalue weighted by Gasteiger charge is 2.24.